The molecule has 0 fully saturated rings. The van der Waals surface area contributed by atoms with E-state index in [-0.39, 0.29) is 13.1 Å². The molecule has 0 aliphatic heterocycles. The third-order valence-electron chi connectivity index (χ3n) is 6.45. The second kappa shape index (κ2) is 14.5. The van der Waals surface area contributed by atoms with Crippen LogP contribution in [0.2, 0.25) is 0 Å². The molecule has 0 aliphatic rings. The van der Waals surface area contributed by atoms with E-state index in [1.54, 1.807) is 53.5 Å². The molecule has 9 heteroatoms. The lowest BCUT2D eigenvalue weighted by Crippen LogP contribution is -2.58. The molecule has 1 unspecified atom stereocenters. The second-order valence-electron chi connectivity index (χ2n) is 12.4. The Hall–Kier alpha value is -3.14. The first-order valence-electron chi connectivity index (χ1n) is 13.7. The number of alkyl carbamates (subject to hydrolysis) is 1. The third-order valence-corrected chi connectivity index (χ3v) is 6.45. The van der Waals surface area contributed by atoms with Crippen LogP contribution in [0.15, 0.2) is 60.7 Å². The van der Waals surface area contributed by atoms with Crippen LogP contribution >= 0.6 is 0 Å². The Morgan fingerprint density at radius 1 is 0.825 bits per heavy atom. The fourth-order valence-corrected chi connectivity index (χ4v) is 4.75. The highest BCUT2D eigenvalue weighted by molar-refractivity contribution is 5.68. The Labute approximate surface area is 238 Å². The van der Waals surface area contributed by atoms with Gasteiger partial charge in [-0.3, -0.25) is 4.90 Å². The molecule has 0 aromatic heterocycles. The van der Waals surface area contributed by atoms with E-state index in [2.05, 4.69) is 5.32 Å². The van der Waals surface area contributed by atoms with E-state index in [0.29, 0.717) is 12.8 Å². The minimum Gasteiger partial charge on any atom is -0.465 e. The first-order valence-corrected chi connectivity index (χ1v) is 13.7. The first-order chi connectivity index (χ1) is 18.6. The molecule has 9 nitrogen and oxygen atoms in total. The minimum atomic E-state index is -1.11. The lowest BCUT2D eigenvalue weighted by Gasteiger charge is -2.42. The molecule has 0 bridgehead atoms. The van der Waals surface area contributed by atoms with Crippen LogP contribution in [0.3, 0.4) is 0 Å². The Kier molecular flexibility index (Phi) is 12.0. The van der Waals surface area contributed by atoms with Crippen molar-refractivity contribution in [3.05, 3.63) is 71.8 Å². The summed E-state index contributed by atoms with van der Waals surface area (Å²) in [5, 5.41) is 35.4. The molecule has 4 N–H and O–H groups in total. The van der Waals surface area contributed by atoms with Crippen LogP contribution in [0.1, 0.15) is 52.7 Å². The van der Waals surface area contributed by atoms with Gasteiger partial charge in [0.25, 0.3) is 0 Å². The number of carboxylic acid groups (broad SMARTS) is 1. The molecular weight excluding hydrogens is 510 g/mol. The van der Waals surface area contributed by atoms with Crippen molar-refractivity contribution >= 4 is 12.2 Å². The van der Waals surface area contributed by atoms with Gasteiger partial charge >= 0.3 is 12.2 Å². The average Bonchev–Trinajstić information content (AvgIpc) is 2.82. The predicted octanol–water partition coefficient (Wildman–Crippen LogP) is 4.17. The summed E-state index contributed by atoms with van der Waals surface area (Å²) in [6.45, 7) is 11.0. The SMILES string of the molecule is CN(CC(O)[C@H](Cc1ccccc1)N(C(=O)O)C(C)(C)C)C[C@@H](O)[C@H](Cc1ccccc1)NC(=O)OC(C)(C)C. The normalized spacial score (nSPS) is 15.2. The summed E-state index contributed by atoms with van der Waals surface area (Å²) in [6, 6.07) is 17.6. The largest absolute Gasteiger partial charge is 0.465 e. The maximum absolute atomic E-state index is 12.6. The van der Waals surface area contributed by atoms with Crippen molar-refractivity contribution in [2.75, 3.05) is 20.1 Å². The molecule has 2 amide bonds. The smallest absolute Gasteiger partial charge is 0.408 e. The number of carbonyl (C=O) groups excluding carboxylic acids is 1. The number of aliphatic hydroxyl groups is 2. The van der Waals surface area contributed by atoms with E-state index in [1.807, 2.05) is 60.7 Å². The molecule has 2 rings (SSSR count). The Morgan fingerprint density at radius 2 is 1.30 bits per heavy atom. The van der Waals surface area contributed by atoms with Crippen molar-refractivity contribution in [3.8, 4) is 0 Å². The van der Waals surface area contributed by atoms with Crippen LogP contribution in [-0.4, -0.2) is 92.9 Å². The van der Waals surface area contributed by atoms with Gasteiger partial charge in [-0.05, 0) is 72.6 Å². The summed E-state index contributed by atoms with van der Waals surface area (Å²) < 4.78 is 5.42. The van der Waals surface area contributed by atoms with Crippen LogP contribution in [0.25, 0.3) is 0 Å². The number of nitrogens with one attached hydrogen (secondary N) is 1. The topological polar surface area (TPSA) is 123 Å². The fourth-order valence-electron chi connectivity index (χ4n) is 4.75. The number of amides is 2. The number of carbonyl (C=O) groups is 2. The zero-order valence-corrected chi connectivity index (χ0v) is 24.9. The van der Waals surface area contributed by atoms with E-state index in [9.17, 15) is 24.9 Å². The second-order valence-corrected chi connectivity index (χ2v) is 12.4. The molecule has 0 spiro atoms. The number of aliphatic hydroxyl groups excluding tert-OH is 2. The molecule has 0 saturated heterocycles. The molecule has 0 radical (unpaired) electrons. The Bertz CT molecular complexity index is 1050. The Balaban J connectivity index is 2.19. The predicted molar refractivity (Wildman–Crippen MR) is 156 cm³/mol. The van der Waals surface area contributed by atoms with Gasteiger partial charge in [0.2, 0.25) is 0 Å². The van der Waals surface area contributed by atoms with Crippen molar-refractivity contribution in [2.45, 2.75) is 89.8 Å². The van der Waals surface area contributed by atoms with Crippen LogP contribution in [-0.2, 0) is 17.6 Å². The first kappa shape index (κ1) is 33.1. The maximum atomic E-state index is 12.6. The summed E-state index contributed by atoms with van der Waals surface area (Å²) in [7, 11) is 1.75. The molecule has 0 heterocycles. The molecular formula is C31H47N3O6. The van der Waals surface area contributed by atoms with Crippen molar-refractivity contribution in [1.29, 1.82) is 0 Å². The van der Waals surface area contributed by atoms with E-state index in [0.717, 1.165) is 11.1 Å². The van der Waals surface area contributed by atoms with E-state index < -0.39 is 47.6 Å². The van der Waals surface area contributed by atoms with Gasteiger partial charge in [0.05, 0.1) is 24.3 Å². The summed E-state index contributed by atoms with van der Waals surface area (Å²) in [5.41, 5.74) is 0.414. The standard InChI is InChI=1S/C31H47N3O6/c1-30(2,3)34(29(38)39)25(19-23-16-12-9-13-17-23)27(36)21-33(7)20-26(35)24(18-22-14-10-8-11-15-22)32-28(37)40-31(4,5)6/h8-17,24-27,35-36H,18-21H2,1-7H3,(H,32,37)(H,38,39)/t24-,25-,26+,27?/m0/s1. The number of rotatable bonds is 12. The minimum absolute atomic E-state index is 0.110. The van der Waals surface area contributed by atoms with Crippen LogP contribution in [0.4, 0.5) is 9.59 Å². The third kappa shape index (κ3) is 11.2. The van der Waals surface area contributed by atoms with Crippen LogP contribution in [0.5, 0.6) is 0 Å². The van der Waals surface area contributed by atoms with Gasteiger partial charge in [-0.15, -0.1) is 0 Å². The van der Waals surface area contributed by atoms with Crippen molar-refractivity contribution < 1.29 is 29.6 Å². The lowest BCUT2D eigenvalue weighted by atomic mass is 9.94. The van der Waals surface area contributed by atoms with Crippen molar-refractivity contribution in [1.82, 2.24) is 15.1 Å². The number of benzene rings is 2. The zero-order chi connectivity index (χ0) is 30.1. The van der Waals surface area contributed by atoms with Crippen molar-refractivity contribution in [2.24, 2.45) is 0 Å². The van der Waals surface area contributed by atoms with E-state index in [4.69, 9.17) is 4.74 Å². The summed E-state index contributed by atoms with van der Waals surface area (Å²) >= 11 is 0. The van der Waals surface area contributed by atoms with Gasteiger partial charge in [0.15, 0.2) is 0 Å². The van der Waals surface area contributed by atoms with Gasteiger partial charge in [0, 0.05) is 18.6 Å². The van der Waals surface area contributed by atoms with E-state index >= 15 is 0 Å². The number of likely N-dealkylation sites (N-methyl/N-ethyl adjacent to an activating group) is 1. The molecule has 0 saturated carbocycles. The molecule has 2 aromatic carbocycles. The average molecular weight is 558 g/mol. The fraction of sp³-hybridized carbons (Fsp3) is 0.548. The van der Waals surface area contributed by atoms with Gasteiger partial charge in [-0.25, -0.2) is 9.59 Å². The molecule has 40 heavy (non-hydrogen) atoms. The van der Waals surface area contributed by atoms with Gasteiger partial charge in [0.1, 0.15) is 5.60 Å². The van der Waals surface area contributed by atoms with Gasteiger partial charge in [-0.2, -0.15) is 0 Å². The molecule has 4 atom stereocenters. The molecule has 2 aromatic rings. The monoisotopic (exact) mass is 557 g/mol. The molecule has 222 valence electrons. The number of ether oxygens (including phenoxy) is 1. The summed E-state index contributed by atoms with van der Waals surface area (Å²) in [4.78, 5) is 27.9. The molecule has 0 aliphatic carbocycles. The summed E-state index contributed by atoms with van der Waals surface area (Å²) in [6.07, 6.45) is -3.06. The zero-order valence-electron chi connectivity index (χ0n) is 24.9. The summed E-state index contributed by atoms with van der Waals surface area (Å²) in [5.74, 6) is 0. The van der Waals surface area contributed by atoms with Crippen molar-refractivity contribution in [3.63, 3.8) is 0 Å². The number of nitrogens with zero attached hydrogens (tertiary/aromatic N) is 2. The van der Waals surface area contributed by atoms with E-state index in [1.165, 1.54) is 4.90 Å². The number of hydrogen-bond acceptors (Lipinski definition) is 6. The lowest BCUT2D eigenvalue weighted by molar-refractivity contribution is -0.0110. The maximum Gasteiger partial charge on any atom is 0.408 e. The van der Waals surface area contributed by atoms with Gasteiger partial charge in [-0.1, -0.05) is 60.7 Å². The highest BCUT2D eigenvalue weighted by Gasteiger charge is 2.38. The number of hydrogen-bond donors (Lipinski definition) is 4. The highest BCUT2D eigenvalue weighted by Crippen LogP contribution is 2.23. The quantitative estimate of drug-likeness (QED) is 0.309. The van der Waals surface area contributed by atoms with Crippen LogP contribution < -0.4 is 5.32 Å². The Morgan fingerprint density at radius 3 is 1.75 bits per heavy atom. The van der Waals surface area contributed by atoms with Crippen LogP contribution in [0, 0.1) is 0 Å². The highest BCUT2D eigenvalue weighted by atomic mass is 16.6. The van der Waals surface area contributed by atoms with Gasteiger partial charge < -0.3 is 30.3 Å².